The summed E-state index contributed by atoms with van der Waals surface area (Å²) in [4.78, 5) is 10.6. The number of carboxylic acids is 1. The quantitative estimate of drug-likeness (QED) is 0.514. The molecular weight excluding hydrogens is 180 g/mol. The van der Waals surface area contributed by atoms with Crippen molar-refractivity contribution in [2.45, 2.75) is 51.0 Å². The van der Waals surface area contributed by atoms with Crippen LogP contribution in [0, 0.1) is 0 Å². The van der Waals surface area contributed by atoms with E-state index in [9.17, 15) is 4.79 Å². The van der Waals surface area contributed by atoms with E-state index >= 15 is 0 Å². The van der Waals surface area contributed by atoms with Gasteiger partial charge < -0.3 is 16.6 Å². The molecule has 0 amide bonds. The molecule has 0 aromatic heterocycles. The van der Waals surface area contributed by atoms with Crippen molar-refractivity contribution in [1.82, 2.24) is 0 Å². The van der Waals surface area contributed by atoms with Crippen LogP contribution in [0.4, 0.5) is 0 Å². The minimum absolute atomic E-state index is 0.547. The summed E-state index contributed by atoms with van der Waals surface area (Å²) in [6, 6.07) is 0. The van der Waals surface area contributed by atoms with E-state index in [2.05, 4.69) is 0 Å². The Bertz CT molecular complexity index is 170. The minimum Gasteiger partial charge on any atom is -0.480 e. The predicted molar refractivity (Wildman–Crippen MR) is 57.0 cm³/mol. The van der Waals surface area contributed by atoms with Crippen molar-refractivity contribution in [3.05, 3.63) is 0 Å². The van der Waals surface area contributed by atoms with Gasteiger partial charge in [-0.25, -0.2) is 0 Å². The Morgan fingerprint density at radius 2 is 1.71 bits per heavy atom. The van der Waals surface area contributed by atoms with Gasteiger partial charge in [0.1, 0.15) is 5.54 Å². The molecule has 0 aliphatic heterocycles. The highest BCUT2D eigenvalue weighted by Gasteiger charge is 2.26. The first-order valence-corrected chi connectivity index (χ1v) is 5.23. The van der Waals surface area contributed by atoms with E-state index in [1.54, 1.807) is 6.92 Å². The number of aliphatic carboxylic acids is 1. The van der Waals surface area contributed by atoms with E-state index in [1.807, 2.05) is 0 Å². The van der Waals surface area contributed by atoms with E-state index in [1.165, 1.54) is 0 Å². The van der Waals surface area contributed by atoms with Crippen LogP contribution in [0.25, 0.3) is 0 Å². The molecular formula is C10H22N2O2. The standard InChI is InChI=1S/C10H22N2O2/c1-10(12,9(13)14)7-5-3-2-4-6-8-11/h2-8,11-12H2,1H3,(H,13,14). The molecule has 0 heterocycles. The lowest BCUT2D eigenvalue weighted by atomic mass is 9.95. The second kappa shape index (κ2) is 6.79. The smallest absolute Gasteiger partial charge is 0.323 e. The van der Waals surface area contributed by atoms with Crippen molar-refractivity contribution in [2.24, 2.45) is 11.5 Å². The molecule has 4 heteroatoms. The molecule has 0 bridgehead atoms. The van der Waals surface area contributed by atoms with Crippen LogP contribution in [-0.4, -0.2) is 23.2 Å². The van der Waals surface area contributed by atoms with Crippen LogP contribution in [-0.2, 0) is 4.79 Å². The van der Waals surface area contributed by atoms with Gasteiger partial charge in [0, 0.05) is 0 Å². The molecule has 0 aliphatic carbocycles. The Kier molecular flexibility index (Phi) is 6.49. The van der Waals surface area contributed by atoms with Crippen LogP contribution in [0.1, 0.15) is 45.4 Å². The van der Waals surface area contributed by atoms with Crippen LogP contribution in [0.15, 0.2) is 0 Å². The maximum absolute atomic E-state index is 10.6. The second-order valence-electron chi connectivity index (χ2n) is 4.03. The first-order valence-electron chi connectivity index (χ1n) is 5.23. The van der Waals surface area contributed by atoms with E-state index in [4.69, 9.17) is 16.6 Å². The Labute approximate surface area is 85.7 Å². The fourth-order valence-electron chi connectivity index (χ4n) is 1.27. The van der Waals surface area contributed by atoms with Crippen LogP contribution in [0.2, 0.25) is 0 Å². The summed E-state index contributed by atoms with van der Waals surface area (Å²) in [6.07, 6.45) is 5.77. The minimum atomic E-state index is -1.06. The summed E-state index contributed by atoms with van der Waals surface area (Å²) in [6.45, 7) is 2.30. The first-order chi connectivity index (χ1) is 6.50. The van der Waals surface area contributed by atoms with E-state index in [-0.39, 0.29) is 0 Å². The molecule has 0 aromatic rings. The third-order valence-electron chi connectivity index (χ3n) is 2.39. The van der Waals surface area contributed by atoms with Gasteiger partial charge in [-0.1, -0.05) is 25.7 Å². The van der Waals surface area contributed by atoms with Crippen molar-refractivity contribution < 1.29 is 9.90 Å². The number of hydrogen-bond acceptors (Lipinski definition) is 3. The average molecular weight is 202 g/mol. The van der Waals surface area contributed by atoms with Crippen LogP contribution in [0.3, 0.4) is 0 Å². The van der Waals surface area contributed by atoms with Crippen molar-refractivity contribution in [3.63, 3.8) is 0 Å². The normalized spacial score (nSPS) is 15.1. The van der Waals surface area contributed by atoms with Crippen molar-refractivity contribution in [2.75, 3.05) is 6.54 Å². The highest BCUT2D eigenvalue weighted by Crippen LogP contribution is 2.13. The zero-order valence-corrected chi connectivity index (χ0v) is 8.96. The van der Waals surface area contributed by atoms with E-state index < -0.39 is 11.5 Å². The molecule has 1 unspecified atom stereocenters. The van der Waals surface area contributed by atoms with Gasteiger partial charge in [0.25, 0.3) is 0 Å². The van der Waals surface area contributed by atoms with Gasteiger partial charge in [0.2, 0.25) is 0 Å². The average Bonchev–Trinajstić information content (AvgIpc) is 2.10. The first kappa shape index (κ1) is 13.4. The molecule has 4 nitrogen and oxygen atoms in total. The van der Waals surface area contributed by atoms with Crippen LogP contribution in [0.5, 0.6) is 0 Å². The molecule has 0 radical (unpaired) electrons. The number of unbranched alkanes of at least 4 members (excludes halogenated alkanes) is 4. The van der Waals surface area contributed by atoms with Gasteiger partial charge in [0.15, 0.2) is 0 Å². The summed E-state index contributed by atoms with van der Waals surface area (Å²) in [5, 5.41) is 8.74. The molecule has 84 valence electrons. The zero-order chi connectivity index (χ0) is 11.0. The molecule has 0 aliphatic rings. The van der Waals surface area contributed by atoms with Crippen molar-refractivity contribution in [3.8, 4) is 0 Å². The zero-order valence-electron chi connectivity index (χ0n) is 8.96. The van der Waals surface area contributed by atoms with E-state index in [0.29, 0.717) is 6.42 Å². The maximum Gasteiger partial charge on any atom is 0.323 e. The fraction of sp³-hybridized carbons (Fsp3) is 0.900. The van der Waals surface area contributed by atoms with Gasteiger partial charge in [-0.3, -0.25) is 4.79 Å². The van der Waals surface area contributed by atoms with Crippen LogP contribution >= 0.6 is 0 Å². The van der Waals surface area contributed by atoms with E-state index in [0.717, 1.165) is 38.6 Å². The van der Waals surface area contributed by atoms with Gasteiger partial charge in [-0.05, 0) is 26.3 Å². The fourth-order valence-corrected chi connectivity index (χ4v) is 1.27. The third-order valence-corrected chi connectivity index (χ3v) is 2.39. The topological polar surface area (TPSA) is 89.3 Å². The summed E-state index contributed by atoms with van der Waals surface area (Å²) >= 11 is 0. The molecule has 0 saturated heterocycles. The SMILES string of the molecule is CC(N)(CCCCCCCN)C(=O)O. The summed E-state index contributed by atoms with van der Waals surface area (Å²) in [5.74, 6) is -0.917. The maximum atomic E-state index is 10.6. The molecule has 5 N–H and O–H groups in total. The molecule has 0 aromatic carbocycles. The lowest BCUT2D eigenvalue weighted by Gasteiger charge is -2.18. The van der Waals surface area contributed by atoms with Gasteiger partial charge >= 0.3 is 5.97 Å². The third kappa shape index (κ3) is 5.94. The largest absolute Gasteiger partial charge is 0.480 e. The molecule has 0 spiro atoms. The molecule has 0 rings (SSSR count). The highest BCUT2D eigenvalue weighted by atomic mass is 16.4. The summed E-state index contributed by atoms with van der Waals surface area (Å²) in [5.41, 5.74) is 9.87. The van der Waals surface area contributed by atoms with Crippen LogP contribution < -0.4 is 11.5 Å². The Morgan fingerprint density at radius 1 is 1.21 bits per heavy atom. The van der Waals surface area contributed by atoms with Gasteiger partial charge in [0.05, 0.1) is 0 Å². The Morgan fingerprint density at radius 3 is 2.21 bits per heavy atom. The summed E-state index contributed by atoms with van der Waals surface area (Å²) in [7, 11) is 0. The molecule has 0 fully saturated rings. The number of carbonyl (C=O) groups is 1. The molecule has 1 atom stereocenters. The van der Waals surface area contributed by atoms with Crippen molar-refractivity contribution in [1.29, 1.82) is 0 Å². The predicted octanol–water partition coefficient (Wildman–Crippen LogP) is 1.09. The highest BCUT2D eigenvalue weighted by molar-refractivity contribution is 5.77. The van der Waals surface area contributed by atoms with Crippen molar-refractivity contribution >= 4 is 5.97 Å². The second-order valence-corrected chi connectivity index (χ2v) is 4.03. The number of rotatable bonds is 8. The Balaban J connectivity index is 3.40. The van der Waals surface area contributed by atoms with Gasteiger partial charge in [-0.15, -0.1) is 0 Å². The molecule has 0 saturated carbocycles. The van der Waals surface area contributed by atoms with Gasteiger partial charge in [-0.2, -0.15) is 0 Å². The summed E-state index contributed by atoms with van der Waals surface area (Å²) < 4.78 is 0. The Hall–Kier alpha value is -0.610. The molecule has 14 heavy (non-hydrogen) atoms. The number of hydrogen-bond donors (Lipinski definition) is 3. The number of carboxylic acid groups (broad SMARTS) is 1. The lowest BCUT2D eigenvalue weighted by molar-refractivity contribution is -0.142. The lowest BCUT2D eigenvalue weighted by Crippen LogP contribution is -2.44. The monoisotopic (exact) mass is 202 g/mol. The number of nitrogens with two attached hydrogens (primary N) is 2.